The van der Waals surface area contributed by atoms with Crippen LogP contribution in [0.15, 0.2) is 48.0 Å². The molecule has 2 aromatic rings. The van der Waals surface area contributed by atoms with Crippen molar-refractivity contribution in [1.29, 1.82) is 0 Å². The van der Waals surface area contributed by atoms with Crippen molar-refractivity contribution in [3.8, 4) is 0 Å². The fourth-order valence-corrected chi connectivity index (χ4v) is 3.47. The summed E-state index contributed by atoms with van der Waals surface area (Å²) in [5.74, 6) is -1.22. The molecule has 1 aliphatic heterocycles. The third kappa shape index (κ3) is 3.35. The maximum atomic E-state index is 13.9. The Morgan fingerprint density at radius 1 is 1.28 bits per heavy atom. The molecule has 25 heavy (non-hydrogen) atoms. The molecule has 0 saturated heterocycles. The minimum atomic E-state index is -0.641. The summed E-state index contributed by atoms with van der Waals surface area (Å²) in [5, 5.41) is 0. The Labute approximate surface area is 153 Å². The van der Waals surface area contributed by atoms with Gasteiger partial charge in [0.05, 0.1) is 18.7 Å². The van der Waals surface area contributed by atoms with Crippen LogP contribution in [0.3, 0.4) is 0 Å². The molecule has 0 radical (unpaired) electrons. The van der Waals surface area contributed by atoms with Gasteiger partial charge in [0.25, 0.3) is 0 Å². The molecular weight excluding hydrogens is 387 g/mol. The van der Waals surface area contributed by atoms with Crippen molar-refractivity contribution < 1.29 is 14.0 Å². The molecule has 2 amide bonds. The number of hydrogen-bond donors (Lipinski definition) is 1. The van der Waals surface area contributed by atoms with Crippen LogP contribution >= 0.6 is 15.9 Å². The molecule has 1 aliphatic rings. The van der Waals surface area contributed by atoms with Gasteiger partial charge in [0.1, 0.15) is 5.82 Å². The minimum absolute atomic E-state index is 0.112. The lowest BCUT2D eigenvalue weighted by atomic mass is 10.1. The number of nitrogens with zero attached hydrogens (tertiary/aromatic N) is 1. The number of rotatable bonds is 3. The normalized spacial score (nSPS) is 14.4. The Morgan fingerprint density at radius 3 is 2.68 bits per heavy atom. The van der Waals surface area contributed by atoms with Crippen LogP contribution in [0.4, 0.5) is 10.1 Å². The first-order valence-electron chi connectivity index (χ1n) is 7.71. The zero-order valence-electron chi connectivity index (χ0n) is 13.6. The predicted molar refractivity (Wildman–Crippen MR) is 98.4 cm³/mol. The maximum absolute atomic E-state index is 13.9. The quantitative estimate of drug-likeness (QED) is 0.850. The standard InChI is InChI=1S/C19H16BrFN2O2/c1-11-6-7-12(8-15(11)21)10-23-16-5-3-2-4-13(16)18(20)14(19(22)25)9-17(23)24/h2-8H,9-10H2,1H3,(H2,22,25). The summed E-state index contributed by atoms with van der Waals surface area (Å²) in [6.07, 6.45) is -0.112. The lowest BCUT2D eigenvalue weighted by Gasteiger charge is -2.23. The van der Waals surface area contributed by atoms with Crippen LogP contribution in [0, 0.1) is 12.7 Å². The van der Waals surface area contributed by atoms with Crippen molar-refractivity contribution >= 4 is 37.9 Å². The molecule has 3 rings (SSSR count). The number of benzene rings is 2. The van der Waals surface area contributed by atoms with Gasteiger partial charge in [-0.15, -0.1) is 0 Å². The van der Waals surface area contributed by atoms with Gasteiger partial charge in [-0.25, -0.2) is 4.39 Å². The number of aryl methyl sites for hydroxylation is 1. The summed E-state index contributed by atoms with van der Waals surface area (Å²) in [6, 6.07) is 12.1. The molecule has 128 valence electrons. The molecule has 6 heteroatoms. The molecule has 0 fully saturated rings. The van der Waals surface area contributed by atoms with E-state index in [0.29, 0.717) is 26.9 Å². The van der Waals surface area contributed by atoms with E-state index in [4.69, 9.17) is 5.73 Å². The van der Waals surface area contributed by atoms with E-state index in [2.05, 4.69) is 15.9 Å². The summed E-state index contributed by atoms with van der Waals surface area (Å²) in [4.78, 5) is 26.0. The Hall–Kier alpha value is -2.47. The third-order valence-corrected chi connectivity index (χ3v) is 5.11. The highest BCUT2D eigenvalue weighted by Crippen LogP contribution is 2.38. The second-order valence-corrected chi connectivity index (χ2v) is 6.71. The largest absolute Gasteiger partial charge is 0.366 e. The highest BCUT2D eigenvalue weighted by molar-refractivity contribution is 9.15. The summed E-state index contributed by atoms with van der Waals surface area (Å²) in [6.45, 7) is 1.89. The van der Waals surface area contributed by atoms with Crippen molar-refractivity contribution in [2.45, 2.75) is 19.9 Å². The topological polar surface area (TPSA) is 63.4 Å². The number of fused-ring (bicyclic) bond motifs is 1. The lowest BCUT2D eigenvalue weighted by molar-refractivity contribution is -0.120. The second-order valence-electron chi connectivity index (χ2n) is 5.91. The van der Waals surface area contributed by atoms with Crippen molar-refractivity contribution in [2.75, 3.05) is 4.90 Å². The van der Waals surface area contributed by atoms with Gasteiger partial charge in [-0.2, -0.15) is 0 Å². The SMILES string of the molecule is Cc1ccc(CN2C(=O)CC(C(N)=O)=C(Br)c3ccccc32)cc1F. The average molecular weight is 403 g/mol. The average Bonchev–Trinajstić information content (AvgIpc) is 2.69. The molecule has 0 unspecified atom stereocenters. The first-order chi connectivity index (χ1) is 11.9. The zero-order chi connectivity index (χ0) is 18.1. The maximum Gasteiger partial charge on any atom is 0.246 e. The van der Waals surface area contributed by atoms with Gasteiger partial charge >= 0.3 is 0 Å². The number of hydrogen-bond acceptors (Lipinski definition) is 2. The van der Waals surface area contributed by atoms with Crippen LogP contribution in [0.1, 0.15) is 23.1 Å². The third-order valence-electron chi connectivity index (χ3n) is 4.20. The van der Waals surface area contributed by atoms with E-state index in [-0.39, 0.29) is 30.3 Å². The summed E-state index contributed by atoms with van der Waals surface area (Å²) < 4.78 is 14.4. The lowest BCUT2D eigenvalue weighted by Crippen LogP contribution is -2.31. The van der Waals surface area contributed by atoms with Crippen LogP contribution in [0.5, 0.6) is 0 Å². The van der Waals surface area contributed by atoms with Gasteiger partial charge < -0.3 is 10.6 Å². The zero-order valence-corrected chi connectivity index (χ0v) is 15.1. The first kappa shape index (κ1) is 17.4. The number of primary amides is 1. The Morgan fingerprint density at radius 2 is 2.00 bits per heavy atom. The van der Waals surface area contributed by atoms with E-state index in [1.807, 2.05) is 18.2 Å². The fraction of sp³-hybridized carbons (Fsp3) is 0.158. The van der Waals surface area contributed by atoms with Crippen molar-refractivity contribution in [1.82, 2.24) is 0 Å². The number of amides is 2. The number of carbonyl (C=O) groups is 2. The summed E-state index contributed by atoms with van der Waals surface area (Å²) in [7, 11) is 0. The molecule has 0 bridgehead atoms. The number of nitrogens with two attached hydrogens (primary N) is 1. The van der Waals surface area contributed by atoms with Crippen LogP contribution in [0.25, 0.3) is 4.48 Å². The smallest absolute Gasteiger partial charge is 0.246 e. The van der Waals surface area contributed by atoms with E-state index in [1.165, 1.54) is 6.07 Å². The van der Waals surface area contributed by atoms with Crippen molar-refractivity contribution in [2.24, 2.45) is 5.73 Å². The summed E-state index contributed by atoms with van der Waals surface area (Å²) >= 11 is 3.41. The fourth-order valence-electron chi connectivity index (χ4n) is 2.80. The van der Waals surface area contributed by atoms with Crippen LogP contribution in [-0.4, -0.2) is 11.8 Å². The van der Waals surface area contributed by atoms with Gasteiger partial charge in [0.2, 0.25) is 11.8 Å². The van der Waals surface area contributed by atoms with E-state index >= 15 is 0 Å². The molecule has 0 spiro atoms. The van der Waals surface area contributed by atoms with Gasteiger partial charge in [0, 0.05) is 15.6 Å². The molecule has 2 aromatic carbocycles. The van der Waals surface area contributed by atoms with Crippen molar-refractivity contribution in [3.63, 3.8) is 0 Å². The monoisotopic (exact) mass is 402 g/mol. The predicted octanol–water partition coefficient (Wildman–Crippen LogP) is 3.66. The molecular formula is C19H16BrFN2O2. The molecule has 0 aliphatic carbocycles. The van der Waals surface area contributed by atoms with Gasteiger partial charge in [-0.05, 0) is 46.1 Å². The molecule has 0 saturated carbocycles. The molecule has 2 N–H and O–H groups in total. The van der Waals surface area contributed by atoms with Gasteiger partial charge in [-0.1, -0.05) is 30.3 Å². The highest BCUT2D eigenvalue weighted by atomic mass is 79.9. The molecule has 0 atom stereocenters. The minimum Gasteiger partial charge on any atom is -0.366 e. The van der Waals surface area contributed by atoms with E-state index in [1.54, 1.807) is 30.0 Å². The number of carbonyl (C=O) groups excluding carboxylic acids is 2. The van der Waals surface area contributed by atoms with Crippen molar-refractivity contribution in [3.05, 3.63) is 70.5 Å². The van der Waals surface area contributed by atoms with Crippen LogP contribution in [-0.2, 0) is 16.1 Å². The number of para-hydroxylation sites is 1. The van der Waals surface area contributed by atoms with Crippen LogP contribution in [0.2, 0.25) is 0 Å². The van der Waals surface area contributed by atoms with E-state index in [9.17, 15) is 14.0 Å². The van der Waals surface area contributed by atoms with Gasteiger partial charge in [0.15, 0.2) is 0 Å². The van der Waals surface area contributed by atoms with Gasteiger partial charge in [-0.3, -0.25) is 9.59 Å². The number of halogens is 2. The second kappa shape index (κ2) is 6.80. The Bertz CT molecular complexity index is 908. The summed E-state index contributed by atoms with van der Waals surface area (Å²) in [5.41, 5.74) is 8.24. The molecule has 0 aromatic heterocycles. The van der Waals surface area contributed by atoms with E-state index in [0.717, 1.165) is 0 Å². The molecule has 4 nitrogen and oxygen atoms in total. The number of anilines is 1. The Kier molecular flexibility index (Phi) is 4.72. The molecule has 1 heterocycles. The van der Waals surface area contributed by atoms with Crippen LogP contribution < -0.4 is 10.6 Å². The highest BCUT2D eigenvalue weighted by Gasteiger charge is 2.28. The Balaban J connectivity index is 2.07. The first-order valence-corrected chi connectivity index (χ1v) is 8.51. The van der Waals surface area contributed by atoms with E-state index < -0.39 is 5.91 Å².